The van der Waals surface area contributed by atoms with Gasteiger partial charge in [-0.25, -0.2) is 4.39 Å². The molecule has 2 aromatic rings. The van der Waals surface area contributed by atoms with Crippen LogP contribution in [0.1, 0.15) is 34.6 Å². The van der Waals surface area contributed by atoms with E-state index in [1.54, 1.807) is 24.3 Å². The van der Waals surface area contributed by atoms with Crippen LogP contribution >= 0.6 is 0 Å². The van der Waals surface area contributed by atoms with Crippen molar-refractivity contribution in [2.24, 2.45) is 5.92 Å². The third-order valence-electron chi connectivity index (χ3n) is 3.09. The molecule has 0 unspecified atom stereocenters. The molecule has 0 saturated heterocycles. The van der Waals surface area contributed by atoms with Crippen LogP contribution in [0.15, 0.2) is 48.5 Å². The summed E-state index contributed by atoms with van der Waals surface area (Å²) >= 11 is 0. The van der Waals surface area contributed by atoms with Crippen molar-refractivity contribution >= 4 is 11.8 Å². The fourth-order valence-electron chi connectivity index (χ4n) is 1.89. The zero-order valence-corrected chi connectivity index (χ0v) is 13.5. The number of rotatable bonds is 5. The van der Waals surface area contributed by atoms with Crippen LogP contribution in [-0.2, 0) is 0 Å². The number of halogens is 1. The van der Waals surface area contributed by atoms with Crippen molar-refractivity contribution in [3.05, 3.63) is 65.5 Å². The van der Waals surface area contributed by atoms with E-state index in [9.17, 15) is 14.0 Å². The predicted molar refractivity (Wildman–Crippen MR) is 88.1 cm³/mol. The first-order valence-electron chi connectivity index (χ1n) is 7.55. The molecule has 2 aromatic carbocycles. The average molecular weight is 330 g/mol. The largest absolute Gasteiger partial charge is 0.493 e. The van der Waals surface area contributed by atoms with Gasteiger partial charge >= 0.3 is 0 Å². The fourth-order valence-corrected chi connectivity index (χ4v) is 1.89. The van der Waals surface area contributed by atoms with E-state index in [1.165, 1.54) is 24.3 Å². The number of carbonyl (C=O) groups is 2. The minimum Gasteiger partial charge on any atom is -0.493 e. The normalized spacial score (nSPS) is 10.3. The lowest BCUT2D eigenvalue weighted by Gasteiger charge is -2.11. The van der Waals surface area contributed by atoms with Crippen LogP contribution in [0.4, 0.5) is 4.39 Å². The number of carbonyl (C=O) groups excluding carboxylic acids is 2. The molecule has 0 aliphatic rings. The van der Waals surface area contributed by atoms with E-state index < -0.39 is 17.6 Å². The Morgan fingerprint density at radius 2 is 1.75 bits per heavy atom. The summed E-state index contributed by atoms with van der Waals surface area (Å²) in [6.07, 6.45) is 0. The van der Waals surface area contributed by atoms with Gasteiger partial charge in [-0.3, -0.25) is 20.4 Å². The number of hydrogen-bond acceptors (Lipinski definition) is 3. The molecule has 6 heteroatoms. The van der Waals surface area contributed by atoms with Gasteiger partial charge in [-0.1, -0.05) is 32.0 Å². The molecular weight excluding hydrogens is 311 g/mol. The lowest BCUT2D eigenvalue weighted by molar-refractivity contribution is 0.0844. The van der Waals surface area contributed by atoms with Crippen molar-refractivity contribution in [2.45, 2.75) is 13.8 Å². The van der Waals surface area contributed by atoms with Crippen LogP contribution in [0.25, 0.3) is 0 Å². The minimum absolute atomic E-state index is 0.146. The molecule has 0 aromatic heterocycles. The maximum Gasteiger partial charge on any atom is 0.272 e. The number of amides is 2. The summed E-state index contributed by atoms with van der Waals surface area (Å²) in [5.41, 5.74) is 4.62. The van der Waals surface area contributed by atoms with Crippen molar-refractivity contribution in [1.82, 2.24) is 10.9 Å². The number of nitrogens with one attached hydrogen (secondary N) is 2. The summed E-state index contributed by atoms with van der Waals surface area (Å²) < 4.78 is 19.1. The lowest BCUT2D eigenvalue weighted by Crippen LogP contribution is -2.41. The highest BCUT2D eigenvalue weighted by molar-refractivity contribution is 5.99. The van der Waals surface area contributed by atoms with E-state index in [-0.39, 0.29) is 5.56 Å². The van der Waals surface area contributed by atoms with Crippen LogP contribution in [-0.4, -0.2) is 18.4 Å². The van der Waals surface area contributed by atoms with Gasteiger partial charge in [-0.05, 0) is 36.2 Å². The monoisotopic (exact) mass is 330 g/mol. The first-order chi connectivity index (χ1) is 11.5. The number of hydrazine groups is 1. The Morgan fingerprint density at radius 1 is 1.04 bits per heavy atom. The Labute approximate surface area is 139 Å². The van der Waals surface area contributed by atoms with E-state index in [1.807, 2.05) is 13.8 Å². The third-order valence-corrected chi connectivity index (χ3v) is 3.09. The molecule has 0 fully saturated rings. The highest BCUT2D eigenvalue weighted by Crippen LogP contribution is 2.14. The van der Waals surface area contributed by atoms with Gasteiger partial charge in [0.05, 0.1) is 12.2 Å². The minimum atomic E-state index is -0.728. The molecule has 0 spiro atoms. The molecule has 0 aliphatic carbocycles. The molecule has 126 valence electrons. The fraction of sp³-hybridized carbons (Fsp3) is 0.222. The first-order valence-corrected chi connectivity index (χ1v) is 7.55. The van der Waals surface area contributed by atoms with Gasteiger partial charge in [0.15, 0.2) is 0 Å². The highest BCUT2D eigenvalue weighted by atomic mass is 19.1. The van der Waals surface area contributed by atoms with Gasteiger partial charge in [0.1, 0.15) is 11.6 Å². The smallest absolute Gasteiger partial charge is 0.272 e. The van der Waals surface area contributed by atoms with Crippen LogP contribution in [0.5, 0.6) is 5.75 Å². The Bertz CT molecular complexity index is 732. The predicted octanol–water partition coefficient (Wildman–Crippen LogP) is 2.94. The maximum absolute atomic E-state index is 13.5. The lowest BCUT2D eigenvalue weighted by atomic mass is 10.2. The average Bonchev–Trinajstić information content (AvgIpc) is 2.58. The molecule has 2 rings (SSSR count). The second kappa shape index (κ2) is 8.10. The van der Waals surface area contributed by atoms with Crippen molar-refractivity contribution in [3.63, 3.8) is 0 Å². The highest BCUT2D eigenvalue weighted by Gasteiger charge is 2.13. The molecule has 0 atom stereocenters. The van der Waals surface area contributed by atoms with Crippen LogP contribution in [0.2, 0.25) is 0 Å². The first kappa shape index (κ1) is 17.5. The summed E-state index contributed by atoms with van der Waals surface area (Å²) in [7, 11) is 0. The Hall–Kier alpha value is -2.89. The van der Waals surface area contributed by atoms with E-state index >= 15 is 0 Å². The zero-order chi connectivity index (χ0) is 17.5. The Kier molecular flexibility index (Phi) is 5.89. The van der Waals surface area contributed by atoms with E-state index in [0.717, 1.165) is 0 Å². The number of benzene rings is 2. The van der Waals surface area contributed by atoms with Gasteiger partial charge in [0.25, 0.3) is 11.8 Å². The topological polar surface area (TPSA) is 67.4 Å². The van der Waals surface area contributed by atoms with Crippen molar-refractivity contribution in [1.29, 1.82) is 0 Å². The molecule has 24 heavy (non-hydrogen) atoms. The molecular formula is C18H19FN2O3. The molecule has 0 radical (unpaired) electrons. The molecule has 0 aliphatic heterocycles. The quantitative estimate of drug-likeness (QED) is 0.828. The van der Waals surface area contributed by atoms with Crippen LogP contribution < -0.4 is 15.6 Å². The Balaban J connectivity index is 1.96. The van der Waals surface area contributed by atoms with Crippen molar-refractivity contribution in [2.75, 3.05) is 6.61 Å². The van der Waals surface area contributed by atoms with Crippen molar-refractivity contribution < 1.29 is 18.7 Å². The maximum atomic E-state index is 13.5. The number of hydrogen-bond donors (Lipinski definition) is 2. The summed E-state index contributed by atoms with van der Waals surface area (Å²) in [5.74, 6) is -0.976. The van der Waals surface area contributed by atoms with Gasteiger partial charge in [-0.15, -0.1) is 0 Å². The molecule has 5 nitrogen and oxygen atoms in total. The second-order valence-electron chi connectivity index (χ2n) is 5.62. The molecule has 0 saturated carbocycles. The van der Waals surface area contributed by atoms with E-state index in [2.05, 4.69) is 10.9 Å². The van der Waals surface area contributed by atoms with Crippen LogP contribution in [0, 0.1) is 11.7 Å². The standard InChI is InChI=1S/C18H19FN2O3/c1-12(2)11-24-14-7-5-6-13(10-14)17(22)20-21-18(23)15-8-3-4-9-16(15)19/h3-10,12H,11H2,1-2H3,(H,20,22)(H,21,23). The van der Waals surface area contributed by atoms with Gasteiger partial charge in [0, 0.05) is 5.56 Å². The molecule has 2 N–H and O–H groups in total. The number of ether oxygens (including phenoxy) is 1. The summed E-state index contributed by atoms with van der Waals surface area (Å²) in [4.78, 5) is 23.9. The molecule has 2 amide bonds. The SMILES string of the molecule is CC(C)COc1cccc(C(=O)NNC(=O)c2ccccc2F)c1. The summed E-state index contributed by atoms with van der Waals surface area (Å²) in [5, 5.41) is 0. The summed E-state index contributed by atoms with van der Waals surface area (Å²) in [6, 6.07) is 12.1. The zero-order valence-electron chi connectivity index (χ0n) is 13.5. The van der Waals surface area contributed by atoms with E-state index in [0.29, 0.717) is 23.8 Å². The molecule has 0 heterocycles. The molecule has 0 bridgehead atoms. The van der Waals surface area contributed by atoms with Crippen LogP contribution in [0.3, 0.4) is 0 Å². The second-order valence-corrected chi connectivity index (χ2v) is 5.62. The van der Waals surface area contributed by atoms with Gasteiger partial charge in [-0.2, -0.15) is 0 Å². The third kappa shape index (κ3) is 4.81. The van der Waals surface area contributed by atoms with Gasteiger partial charge < -0.3 is 4.74 Å². The van der Waals surface area contributed by atoms with E-state index in [4.69, 9.17) is 4.74 Å². The summed E-state index contributed by atoms with van der Waals surface area (Å²) in [6.45, 7) is 4.58. The van der Waals surface area contributed by atoms with Crippen molar-refractivity contribution in [3.8, 4) is 5.75 Å². The Morgan fingerprint density at radius 3 is 2.46 bits per heavy atom. The van der Waals surface area contributed by atoms with Gasteiger partial charge in [0.2, 0.25) is 0 Å².